The van der Waals surface area contributed by atoms with E-state index in [1.54, 1.807) is 7.11 Å². The van der Waals surface area contributed by atoms with Crippen LogP contribution in [0.25, 0.3) is 0 Å². The van der Waals surface area contributed by atoms with Crippen molar-refractivity contribution >= 4 is 0 Å². The van der Waals surface area contributed by atoms with E-state index in [4.69, 9.17) is 14.7 Å². The van der Waals surface area contributed by atoms with Gasteiger partial charge in [0.2, 0.25) is 0 Å². The van der Waals surface area contributed by atoms with Crippen LogP contribution in [0.1, 0.15) is 20.3 Å². The largest absolute Gasteiger partial charge is 0.381 e. The Morgan fingerprint density at radius 3 is 2.71 bits per heavy atom. The highest BCUT2D eigenvalue weighted by Crippen LogP contribution is 2.29. The average molecular weight is 195 g/mol. The molecule has 0 bridgehead atoms. The predicted octanol–water partition coefficient (Wildman–Crippen LogP) is 1.89. The van der Waals surface area contributed by atoms with Crippen LogP contribution in [-0.4, -0.2) is 25.4 Å². The van der Waals surface area contributed by atoms with Gasteiger partial charge in [0.15, 0.2) is 0 Å². The lowest BCUT2D eigenvalue weighted by Gasteiger charge is -2.37. The van der Waals surface area contributed by atoms with Crippen molar-refractivity contribution in [2.75, 3.05) is 7.11 Å². The third-order valence-corrected chi connectivity index (χ3v) is 2.99. The van der Waals surface area contributed by atoms with Crippen LogP contribution >= 0.6 is 0 Å². The van der Waals surface area contributed by atoms with Crippen LogP contribution < -0.4 is 0 Å². The lowest BCUT2D eigenvalue weighted by atomic mass is 9.89. The smallest absolute Gasteiger partial charge is 0.0968 e. The van der Waals surface area contributed by atoms with Crippen LogP contribution in [0.3, 0.4) is 0 Å². The van der Waals surface area contributed by atoms with Crippen LogP contribution in [0.4, 0.5) is 0 Å². The van der Waals surface area contributed by atoms with Crippen molar-refractivity contribution < 1.29 is 9.47 Å². The molecule has 0 spiro atoms. The maximum atomic E-state index is 8.73. The van der Waals surface area contributed by atoms with Crippen LogP contribution in [0.5, 0.6) is 0 Å². The molecular formula is C11H17NO2. The average Bonchev–Trinajstić information content (AvgIpc) is 2.20. The second-order valence-corrected chi connectivity index (χ2v) is 3.84. The summed E-state index contributed by atoms with van der Waals surface area (Å²) in [5.74, 6) is 0.364. The van der Waals surface area contributed by atoms with Gasteiger partial charge in [-0.05, 0) is 6.92 Å². The van der Waals surface area contributed by atoms with E-state index in [1.165, 1.54) is 0 Å². The van der Waals surface area contributed by atoms with Gasteiger partial charge in [-0.1, -0.05) is 13.5 Å². The van der Waals surface area contributed by atoms with Gasteiger partial charge in [0.1, 0.15) is 0 Å². The van der Waals surface area contributed by atoms with Gasteiger partial charge in [0, 0.05) is 19.4 Å². The van der Waals surface area contributed by atoms with Crippen molar-refractivity contribution in [3.8, 4) is 6.07 Å². The SMILES string of the molecule is C=C(C#N)C1CC(OC)C(C)C(C)O1. The standard InChI is InChI=1S/C11H17NO2/c1-7(6-12)10-5-11(13-4)8(2)9(3)14-10/h8-11H,1,5H2,2-4H3. The summed E-state index contributed by atoms with van der Waals surface area (Å²) in [5.41, 5.74) is 0.491. The van der Waals surface area contributed by atoms with E-state index in [9.17, 15) is 0 Å². The number of hydrogen-bond acceptors (Lipinski definition) is 3. The van der Waals surface area contributed by atoms with Crippen LogP contribution in [0.15, 0.2) is 12.2 Å². The Kier molecular flexibility index (Phi) is 3.68. The number of methoxy groups -OCH3 is 1. The van der Waals surface area contributed by atoms with Crippen molar-refractivity contribution in [1.29, 1.82) is 5.26 Å². The van der Waals surface area contributed by atoms with E-state index in [2.05, 4.69) is 13.5 Å². The quantitative estimate of drug-likeness (QED) is 0.632. The van der Waals surface area contributed by atoms with Crippen LogP contribution in [0, 0.1) is 17.2 Å². The molecule has 14 heavy (non-hydrogen) atoms. The van der Waals surface area contributed by atoms with Crippen LogP contribution in [0.2, 0.25) is 0 Å². The molecule has 1 rings (SSSR count). The van der Waals surface area contributed by atoms with E-state index in [-0.39, 0.29) is 18.3 Å². The number of nitrogens with zero attached hydrogens (tertiary/aromatic N) is 1. The molecule has 0 saturated carbocycles. The van der Waals surface area contributed by atoms with Crippen molar-refractivity contribution in [1.82, 2.24) is 0 Å². The normalized spacial score (nSPS) is 37.6. The summed E-state index contributed by atoms with van der Waals surface area (Å²) < 4.78 is 11.0. The van der Waals surface area contributed by atoms with Crippen LogP contribution in [-0.2, 0) is 9.47 Å². The third kappa shape index (κ3) is 2.14. The molecule has 4 atom stereocenters. The molecule has 4 unspecified atom stereocenters. The van der Waals surface area contributed by atoms with Gasteiger partial charge in [-0.15, -0.1) is 0 Å². The minimum atomic E-state index is -0.170. The zero-order valence-corrected chi connectivity index (χ0v) is 8.99. The summed E-state index contributed by atoms with van der Waals surface area (Å²) in [6.45, 7) is 7.79. The first kappa shape index (κ1) is 11.2. The van der Waals surface area contributed by atoms with Gasteiger partial charge in [0.05, 0.1) is 30.0 Å². The molecule has 0 N–H and O–H groups in total. The predicted molar refractivity (Wildman–Crippen MR) is 53.7 cm³/mol. The first-order valence-corrected chi connectivity index (χ1v) is 4.87. The van der Waals surface area contributed by atoms with Crippen molar-refractivity contribution in [3.05, 3.63) is 12.2 Å². The maximum absolute atomic E-state index is 8.73. The number of ether oxygens (including phenoxy) is 2. The Balaban J connectivity index is 2.68. The summed E-state index contributed by atoms with van der Waals surface area (Å²) in [7, 11) is 1.70. The Labute approximate surface area is 85.3 Å². The molecule has 1 aliphatic heterocycles. The minimum Gasteiger partial charge on any atom is -0.381 e. The molecule has 0 radical (unpaired) electrons. The summed E-state index contributed by atoms with van der Waals surface area (Å²) in [5, 5.41) is 8.73. The molecule has 1 aliphatic rings. The fourth-order valence-corrected chi connectivity index (χ4v) is 1.77. The number of rotatable bonds is 2. The summed E-state index contributed by atoms with van der Waals surface area (Å²) >= 11 is 0. The molecule has 1 saturated heterocycles. The fourth-order valence-electron chi connectivity index (χ4n) is 1.77. The Morgan fingerprint density at radius 2 is 2.21 bits per heavy atom. The molecule has 0 aliphatic carbocycles. The second-order valence-electron chi connectivity index (χ2n) is 3.84. The van der Waals surface area contributed by atoms with Crippen molar-refractivity contribution in [2.45, 2.75) is 38.6 Å². The fraction of sp³-hybridized carbons (Fsp3) is 0.727. The highest BCUT2D eigenvalue weighted by Gasteiger charge is 2.34. The molecule has 0 amide bonds. The lowest BCUT2D eigenvalue weighted by molar-refractivity contribution is -0.119. The lowest BCUT2D eigenvalue weighted by Crippen LogP contribution is -2.42. The first-order chi connectivity index (χ1) is 6.60. The van der Waals surface area contributed by atoms with Gasteiger partial charge in [0.25, 0.3) is 0 Å². The molecule has 0 aromatic rings. The highest BCUT2D eigenvalue weighted by atomic mass is 16.5. The Morgan fingerprint density at radius 1 is 1.57 bits per heavy atom. The third-order valence-electron chi connectivity index (χ3n) is 2.99. The maximum Gasteiger partial charge on any atom is 0.0968 e. The molecule has 1 heterocycles. The van der Waals surface area contributed by atoms with Gasteiger partial charge >= 0.3 is 0 Å². The summed E-state index contributed by atoms with van der Waals surface area (Å²) in [6.07, 6.45) is 0.836. The topological polar surface area (TPSA) is 42.2 Å². The summed E-state index contributed by atoms with van der Waals surface area (Å²) in [6, 6.07) is 2.04. The van der Waals surface area contributed by atoms with Gasteiger partial charge in [-0.2, -0.15) is 5.26 Å². The van der Waals surface area contributed by atoms with Gasteiger partial charge in [-0.3, -0.25) is 0 Å². The summed E-state index contributed by atoms with van der Waals surface area (Å²) in [4.78, 5) is 0. The van der Waals surface area contributed by atoms with E-state index in [0.717, 1.165) is 6.42 Å². The number of nitriles is 1. The van der Waals surface area contributed by atoms with E-state index in [1.807, 2.05) is 13.0 Å². The van der Waals surface area contributed by atoms with Gasteiger partial charge < -0.3 is 9.47 Å². The van der Waals surface area contributed by atoms with Crippen molar-refractivity contribution in [2.24, 2.45) is 5.92 Å². The minimum absolute atomic E-state index is 0.115. The van der Waals surface area contributed by atoms with Gasteiger partial charge in [-0.25, -0.2) is 0 Å². The van der Waals surface area contributed by atoms with E-state index < -0.39 is 0 Å². The second kappa shape index (κ2) is 4.59. The van der Waals surface area contributed by atoms with E-state index >= 15 is 0 Å². The van der Waals surface area contributed by atoms with Crippen molar-refractivity contribution in [3.63, 3.8) is 0 Å². The Bertz CT molecular complexity index is 257. The molecule has 78 valence electrons. The molecule has 3 heteroatoms. The monoisotopic (exact) mass is 195 g/mol. The molecule has 1 fully saturated rings. The molecular weight excluding hydrogens is 178 g/mol. The zero-order chi connectivity index (χ0) is 10.7. The van der Waals surface area contributed by atoms with E-state index in [0.29, 0.717) is 11.5 Å². The molecule has 0 aromatic carbocycles. The highest BCUT2D eigenvalue weighted by molar-refractivity contribution is 5.22. The zero-order valence-electron chi connectivity index (χ0n) is 8.99. The molecule has 3 nitrogen and oxygen atoms in total. The first-order valence-electron chi connectivity index (χ1n) is 4.87. The Hall–Kier alpha value is -0.850. The number of hydrogen-bond donors (Lipinski definition) is 0. The molecule has 0 aromatic heterocycles.